The molecule has 1 saturated carbocycles. The van der Waals surface area contributed by atoms with E-state index < -0.39 is 28.5 Å². The SMILES string of the molecule is COc1ccc(CN(C(=O)CN(c2ccc(C(C)C)cc2)S(=O)(=O)c2ccccc2)C(C)C(=O)NC2CCCCC2)cc1. The van der Waals surface area contributed by atoms with Crippen LogP contribution in [-0.2, 0) is 26.2 Å². The Morgan fingerprint density at radius 1 is 0.884 bits per heavy atom. The van der Waals surface area contributed by atoms with E-state index in [-0.39, 0.29) is 29.3 Å². The molecule has 1 atom stereocenters. The minimum absolute atomic E-state index is 0.0797. The van der Waals surface area contributed by atoms with Crippen molar-refractivity contribution in [3.63, 3.8) is 0 Å². The van der Waals surface area contributed by atoms with Crippen molar-refractivity contribution in [1.29, 1.82) is 0 Å². The molecule has 0 bridgehead atoms. The van der Waals surface area contributed by atoms with Gasteiger partial charge in [0.05, 0.1) is 17.7 Å². The molecule has 0 spiro atoms. The first-order valence-corrected chi connectivity index (χ1v) is 16.4. The van der Waals surface area contributed by atoms with E-state index in [4.69, 9.17) is 4.74 Å². The van der Waals surface area contributed by atoms with Gasteiger partial charge < -0.3 is 15.0 Å². The molecule has 4 rings (SSSR count). The molecule has 1 N–H and O–H groups in total. The van der Waals surface area contributed by atoms with Gasteiger partial charge in [0.1, 0.15) is 18.3 Å². The number of ether oxygens (including phenoxy) is 1. The predicted octanol–water partition coefficient (Wildman–Crippen LogP) is 5.88. The molecule has 1 aliphatic carbocycles. The van der Waals surface area contributed by atoms with Crippen LogP contribution in [0.1, 0.15) is 69.9 Å². The number of sulfonamides is 1. The van der Waals surface area contributed by atoms with Crippen molar-refractivity contribution in [2.24, 2.45) is 0 Å². The molecule has 0 heterocycles. The summed E-state index contributed by atoms with van der Waals surface area (Å²) in [6, 6.07) is 21.9. The lowest BCUT2D eigenvalue weighted by atomic mass is 9.95. The maximum absolute atomic E-state index is 14.2. The Kier molecular flexibility index (Phi) is 10.9. The molecule has 0 aromatic heterocycles. The average Bonchev–Trinajstić information content (AvgIpc) is 3.03. The fraction of sp³-hybridized carbons (Fsp3) is 0.412. The summed E-state index contributed by atoms with van der Waals surface area (Å²) in [7, 11) is -2.52. The molecule has 3 aromatic rings. The largest absolute Gasteiger partial charge is 0.497 e. The summed E-state index contributed by atoms with van der Waals surface area (Å²) in [4.78, 5) is 29.2. The molecule has 8 nitrogen and oxygen atoms in total. The summed E-state index contributed by atoms with van der Waals surface area (Å²) in [5, 5.41) is 3.13. The lowest BCUT2D eigenvalue weighted by Gasteiger charge is -2.33. The van der Waals surface area contributed by atoms with Crippen LogP contribution in [0.15, 0.2) is 83.8 Å². The third-order valence-corrected chi connectivity index (χ3v) is 9.88. The van der Waals surface area contributed by atoms with Gasteiger partial charge in [0.2, 0.25) is 11.8 Å². The maximum Gasteiger partial charge on any atom is 0.264 e. The van der Waals surface area contributed by atoms with Gasteiger partial charge in [0.25, 0.3) is 10.0 Å². The number of amides is 2. The first-order chi connectivity index (χ1) is 20.6. The fourth-order valence-electron chi connectivity index (χ4n) is 5.35. The smallest absolute Gasteiger partial charge is 0.264 e. The summed E-state index contributed by atoms with van der Waals surface area (Å²) in [5.74, 6) is 0.218. The number of rotatable bonds is 12. The van der Waals surface area contributed by atoms with E-state index in [1.54, 1.807) is 56.5 Å². The Bertz CT molecular complexity index is 1450. The predicted molar refractivity (Wildman–Crippen MR) is 170 cm³/mol. The van der Waals surface area contributed by atoms with Crippen molar-refractivity contribution in [2.75, 3.05) is 18.0 Å². The van der Waals surface area contributed by atoms with Crippen molar-refractivity contribution in [1.82, 2.24) is 10.2 Å². The number of anilines is 1. The minimum atomic E-state index is -4.10. The molecule has 3 aromatic carbocycles. The maximum atomic E-state index is 14.2. The molecule has 43 heavy (non-hydrogen) atoms. The Morgan fingerprint density at radius 3 is 2.09 bits per heavy atom. The summed E-state index contributed by atoms with van der Waals surface area (Å²) in [6.07, 6.45) is 5.13. The standard InChI is InChI=1S/C34H43N3O5S/c1-25(2)28-17-19-30(20-18-28)37(43(40,41)32-13-9-6-10-14-32)24-33(38)36(23-27-15-21-31(42-4)22-16-27)26(3)34(39)35-29-11-7-5-8-12-29/h6,9-10,13-22,25-26,29H,5,7-8,11-12,23-24H2,1-4H3,(H,35,39). The molecule has 1 fully saturated rings. The van der Waals surface area contributed by atoms with Crippen LogP contribution in [0.4, 0.5) is 5.69 Å². The van der Waals surface area contributed by atoms with Crippen LogP contribution in [0.2, 0.25) is 0 Å². The number of nitrogens with zero attached hydrogens (tertiary/aromatic N) is 2. The van der Waals surface area contributed by atoms with Gasteiger partial charge in [-0.05, 0) is 73.2 Å². The highest BCUT2D eigenvalue weighted by Crippen LogP contribution is 2.27. The molecular formula is C34H43N3O5S. The van der Waals surface area contributed by atoms with E-state index >= 15 is 0 Å². The zero-order chi connectivity index (χ0) is 31.0. The van der Waals surface area contributed by atoms with Gasteiger partial charge in [-0.3, -0.25) is 13.9 Å². The highest BCUT2D eigenvalue weighted by atomic mass is 32.2. The molecule has 0 aliphatic heterocycles. The second kappa shape index (κ2) is 14.6. The zero-order valence-corrected chi connectivity index (χ0v) is 26.3. The number of nitrogens with one attached hydrogen (secondary N) is 1. The van der Waals surface area contributed by atoms with Crippen molar-refractivity contribution in [3.8, 4) is 5.75 Å². The Labute approximate surface area is 256 Å². The van der Waals surface area contributed by atoms with Gasteiger partial charge in [-0.25, -0.2) is 8.42 Å². The van der Waals surface area contributed by atoms with E-state index in [9.17, 15) is 18.0 Å². The number of hydrogen-bond donors (Lipinski definition) is 1. The summed E-state index contributed by atoms with van der Waals surface area (Å²) in [5.41, 5.74) is 2.23. The van der Waals surface area contributed by atoms with Crippen molar-refractivity contribution in [3.05, 3.63) is 90.0 Å². The van der Waals surface area contributed by atoms with Crippen molar-refractivity contribution < 1.29 is 22.7 Å². The van der Waals surface area contributed by atoms with E-state index in [0.717, 1.165) is 47.5 Å². The van der Waals surface area contributed by atoms with E-state index in [0.29, 0.717) is 11.4 Å². The summed E-state index contributed by atoms with van der Waals surface area (Å²) in [6.45, 7) is 5.50. The van der Waals surface area contributed by atoms with Gasteiger partial charge in [-0.2, -0.15) is 0 Å². The Balaban J connectivity index is 1.67. The van der Waals surface area contributed by atoms with Crippen LogP contribution >= 0.6 is 0 Å². The monoisotopic (exact) mass is 605 g/mol. The van der Waals surface area contributed by atoms with Crippen LogP contribution in [0.3, 0.4) is 0 Å². The summed E-state index contributed by atoms with van der Waals surface area (Å²) < 4.78 is 34.4. The fourth-order valence-corrected chi connectivity index (χ4v) is 6.79. The average molecular weight is 606 g/mol. The lowest BCUT2D eigenvalue weighted by molar-refractivity contribution is -0.139. The van der Waals surface area contributed by atoms with E-state index in [1.807, 2.05) is 24.3 Å². The molecule has 2 amide bonds. The molecule has 0 saturated heterocycles. The molecule has 230 valence electrons. The number of methoxy groups -OCH3 is 1. The first kappa shape index (κ1) is 32.1. The highest BCUT2D eigenvalue weighted by molar-refractivity contribution is 7.92. The summed E-state index contributed by atoms with van der Waals surface area (Å²) >= 11 is 0. The van der Waals surface area contributed by atoms with Crippen LogP contribution in [0.5, 0.6) is 5.75 Å². The van der Waals surface area contributed by atoms with Gasteiger partial charge in [0, 0.05) is 12.6 Å². The highest BCUT2D eigenvalue weighted by Gasteiger charge is 2.33. The van der Waals surface area contributed by atoms with Crippen molar-refractivity contribution >= 4 is 27.5 Å². The molecule has 1 unspecified atom stereocenters. The second-order valence-corrected chi connectivity index (χ2v) is 13.3. The molecule has 1 aliphatic rings. The topological polar surface area (TPSA) is 96.0 Å². The van der Waals surface area contributed by atoms with Gasteiger partial charge in [-0.15, -0.1) is 0 Å². The van der Waals surface area contributed by atoms with Crippen LogP contribution in [0.25, 0.3) is 0 Å². The van der Waals surface area contributed by atoms with Gasteiger partial charge in [0.15, 0.2) is 0 Å². The molecule has 0 radical (unpaired) electrons. The third kappa shape index (κ3) is 8.16. The van der Waals surface area contributed by atoms with E-state index in [1.165, 1.54) is 17.0 Å². The minimum Gasteiger partial charge on any atom is -0.497 e. The van der Waals surface area contributed by atoms with Crippen LogP contribution in [-0.4, -0.2) is 50.9 Å². The van der Waals surface area contributed by atoms with E-state index in [2.05, 4.69) is 19.2 Å². The third-order valence-electron chi connectivity index (χ3n) is 8.09. The quantitative estimate of drug-likeness (QED) is 0.278. The number of carbonyl (C=O) groups is 2. The number of carbonyl (C=O) groups excluding carboxylic acids is 2. The number of hydrogen-bond acceptors (Lipinski definition) is 5. The second-order valence-electron chi connectivity index (χ2n) is 11.5. The Morgan fingerprint density at radius 2 is 1.51 bits per heavy atom. The Hall–Kier alpha value is -3.85. The molecule has 9 heteroatoms. The molecular weight excluding hydrogens is 562 g/mol. The van der Waals surface area contributed by atoms with Crippen LogP contribution < -0.4 is 14.4 Å². The normalized spacial score (nSPS) is 14.6. The van der Waals surface area contributed by atoms with Gasteiger partial charge >= 0.3 is 0 Å². The number of benzene rings is 3. The zero-order valence-electron chi connectivity index (χ0n) is 25.5. The van der Waals surface area contributed by atoms with Gasteiger partial charge in [-0.1, -0.05) is 75.6 Å². The lowest BCUT2D eigenvalue weighted by Crippen LogP contribution is -2.53. The van der Waals surface area contributed by atoms with Crippen LogP contribution in [0, 0.1) is 0 Å². The first-order valence-electron chi connectivity index (χ1n) is 15.0. The van der Waals surface area contributed by atoms with Crippen molar-refractivity contribution in [2.45, 2.75) is 82.3 Å².